The molecule has 108 valence electrons. The number of hydrogen-bond acceptors (Lipinski definition) is 4. The Morgan fingerprint density at radius 2 is 1.79 bits per heavy atom. The van der Waals surface area contributed by atoms with Crippen LogP contribution in [0.4, 0.5) is 0 Å². The standard InChI is InChI=1S/C15H26N2O2/c1-12-9-13(18-3)10-15(19-4)14(12)11-17-8-6-5-7-16-2/h9-10,16-17H,5-8,11H2,1-4H3. The van der Waals surface area contributed by atoms with Gasteiger partial charge in [0.25, 0.3) is 0 Å². The number of methoxy groups -OCH3 is 2. The van der Waals surface area contributed by atoms with E-state index < -0.39 is 0 Å². The molecule has 0 saturated carbocycles. The Morgan fingerprint density at radius 1 is 1.05 bits per heavy atom. The Morgan fingerprint density at radius 3 is 2.42 bits per heavy atom. The van der Waals surface area contributed by atoms with Crippen molar-refractivity contribution in [1.29, 1.82) is 0 Å². The van der Waals surface area contributed by atoms with Crippen LogP contribution in [-0.4, -0.2) is 34.4 Å². The van der Waals surface area contributed by atoms with Crippen molar-refractivity contribution in [2.75, 3.05) is 34.4 Å². The summed E-state index contributed by atoms with van der Waals surface area (Å²) in [5.41, 5.74) is 2.40. The van der Waals surface area contributed by atoms with Gasteiger partial charge >= 0.3 is 0 Å². The first-order valence-corrected chi connectivity index (χ1v) is 6.79. The van der Waals surface area contributed by atoms with E-state index in [0.29, 0.717) is 0 Å². The van der Waals surface area contributed by atoms with Crippen LogP contribution < -0.4 is 20.1 Å². The molecule has 0 fully saturated rings. The van der Waals surface area contributed by atoms with Gasteiger partial charge in [-0.3, -0.25) is 0 Å². The van der Waals surface area contributed by atoms with E-state index in [9.17, 15) is 0 Å². The van der Waals surface area contributed by atoms with Crippen LogP contribution in [0.1, 0.15) is 24.0 Å². The van der Waals surface area contributed by atoms with E-state index >= 15 is 0 Å². The first-order chi connectivity index (χ1) is 9.22. The molecule has 0 unspecified atom stereocenters. The smallest absolute Gasteiger partial charge is 0.127 e. The van der Waals surface area contributed by atoms with Crippen molar-refractivity contribution >= 4 is 0 Å². The van der Waals surface area contributed by atoms with E-state index in [1.165, 1.54) is 24.0 Å². The average Bonchev–Trinajstić information content (AvgIpc) is 2.43. The molecule has 1 aromatic rings. The van der Waals surface area contributed by atoms with Crippen LogP contribution in [0.15, 0.2) is 12.1 Å². The predicted octanol–water partition coefficient (Wildman–Crippen LogP) is 2.10. The SMILES string of the molecule is CNCCCCNCc1c(C)cc(OC)cc1OC. The fourth-order valence-corrected chi connectivity index (χ4v) is 2.04. The zero-order valence-corrected chi connectivity index (χ0v) is 12.5. The minimum atomic E-state index is 0.832. The van der Waals surface area contributed by atoms with Crippen molar-refractivity contribution in [2.45, 2.75) is 26.3 Å². The highest BCUT2D eigenvalue weighted by Gasteiger charge is 2.08. The van der Waals surface area contributed by atoms with E-state index in [1.54, 1.807) is 14.2 Å². The summed E-state index contributed by atoms with van der Waals surface area (Å²) in [7, 11) is 5.36. The second-order valence-electron chi connectivity index (χ2n) is 4.61. The maximum Gasteiger partial charge on any atom is 0.127 e. The molecular weight excluding hydrogens is 240 g/mol. The molecule has 0 aromatic heterocycles. The van der Waals surface area contributed by atoms with Crippen molar-refractivity contribution in [1.82, 2.24) is 10.6 Å². The van der Waals surface area contributed by atoms with Gasteiger partial charge in [-0.05, 0) is 51.5 Å². The maximum atomic E-state index is 5.43. The Kier molecular flexibility index (Phi) is 7.30. The van der Waals surface area contributed by atoms with Gasteiger partial charge in [-0.15, -0.1) is 0 Å². The molecule has 1 rings (SSSR count). The van der Waals surface area contributed by atoms with Crippen molar-refractivity contribution in [3.05, 3.63) is 23.3 Å². The Bertz CT molecular complexity index is 381. The maximum absolute atomic E-state index is 5.43. The van der Waals surface area contributed by atoms with Crippen LogP contribution in [0.3, 0.4) is 0 Å². The van der Waals surface area contributed by atoms with Gasteiger partial charge in [0.05, 0.1) is 14.2 Å². The van der Waals surface area contributed by atoms with Gasteiger partial charge in [-0.25, -0.2) is 0 Å². The quantitative estimate of drug-likeness (QED) is 0.672. The lowest BCUT2D eigenvalue weighted by Crippen LogP contribution is -2.18. The summed E-state index contributed by atoms with van der Waals surface area (Å²) in [6.45, 7) is 5.02. The zero-order chi connectivity index (χ0) is 14.1. The minimum absolute atomic E-state index is 0.832. The monoisotopic (exact) mass is 266 g/mol. The number of ether oxygens (including phenoxy) is 2. The highest BCUT2D eigenvalue weighted by molar-refractivity contribution is 5.46. The lowest BCUT2D eigenvalue weighted by molar-refractivity contribution is 0.389. The molecule has 0 saturated heterocycles. The summed E-state index contributed by atoms with van der Waals surface area (Å²) in [5, 5.41) is 6.62. The Balaban J connectivity index is 2.52. The van der Waals surface area contributed by atoms with Crippen molar-refractivity contribution in [3.63, 3.8) is 0 Å². The number of benzene rings is 1. The number of rotatable bonds is 9. The normalized spacial score (nSPS) is 10.5. The van der Waals surface area contributed by atoms with Gasteiger partial charge in [0, 0.05) is 18.2 Å². The van der Waals surface area contributed by atoms with E-state index in [1.807, 2.05) is 19.2 Å². The number of aryl methyl sites for hydroxylation is 1. The molecule has 1 aromatic carbocycles. The Hall–Kier alpha value is -1.26. The van der Waals surface area contributed by atoms with Crippen molar-refractivity contribution in [2.24, 2.45) is 0 Å². The summed E-state index contributed by atoms with van der Waals surface area (Å²) < 4.78 is 10.7. The lowest BCUT2D eigenvalue weighted by atomic mass is 10.1. The fraction of sp³-hybridized carbons (Fsp3) is 0.600. The summed E-state index contributed by atoms with van der Waals surface area (Å²) in [6.07, 6.45) is 2.38. The molecule has 4 nitrogen and oxygen atoms in total. The van der Waals surface area contributed by atoms with E-state index in [2.05, 4.69) is 17.6 Å². The van der Waals surface area contributed by atoms with Crippen LogP contribution in [0, 0.1) is 6.92 Å². The van der Waals surface area contributed by atoms with Gasteiger partial charge in [0.15, 0.2) is 0 Å². The highest BCUT2D eigenvalue weighted by Crippen LogP contribution is 2.28. The van der Waals surface area contributed by atoms with E-state index in [4.69, 9.17) is 9.47 Å². The third-order valence-electron chi connectivity index (χ3n) is 3.19. The van der Waals surface area contributed by atoms with Crippen molar-refractivity contribution < 1.29 is 9.47 Å². The molecule has 0 amide bonds. The van der Waals surface area contributed by atoms with Crippen LogP contribution in [0.5, 0.6) is 11.5 Å². The van der Waals surface area contributed by atoms with Gasteiger partial charge in [-0.2, -0.15) is 0 Å². The third kappa shape index (κ3) is 5.09. The lowest BCUT2D eigenvalue weighted by Gasteiger charge is -2.14. The molecule has 0 heterocycles. The van der Waals surface area contributed by atoms with Crippen LogP contribution in [0.2, 0.25) is 0 Å². The summed E-state index contributed by atoms with van der Waals surface area (Å²) in [4.78, 5) is 0. The molecule has 0 radical (unpaired) electrons. The highest BCUT2D eigenvalue weighted by atomic mass is 16.5. The van der Waals surface area contributed by atoms with Crippen molar-refractivity contribution in [3.8, 4) is 11.5 Å². The Labute approximate surface area is 116 Å². The zero-order valence-electron chi connectivity index (χ0n) is 12.5. The van der Waals surface area contributed by atoms with E-state index in [-0.39, 0.29) is 0 Å². The molecular formula is C15H26N2O2. The molecule has 2 N–H and O–H groups in total. The van der Waals surface area contributed by atoms with Gasteiger partial charge in [0.2, 0.25) is 0 Å². The summed E-state index contributed by atoms with van der Waals surface area (Å²) >= 11 is 0. The summed E-state index contributed by atoms with van der Waals surface area (Å²) in [6, 6.07) is 3.98. The molecule has 0 bridgehead atoms. The number of hydrogen-bond donors (Lipinski definition) is 2. The van der Waals surface area contributed by atoms with Gasteiger partial charge < -0.3 is 20.1 Å². The topological polar surface area (TPSA) is 42.5 Å². The fourth-order valence-electron chi connectivity index (χ4n) is 2.04. The number of nitrogens with one attached hydrogen (secondary N) is 2. The molecule has 0 aliphatic rings. The van der Waals surface area contributed by atoms with Crippen LogP contribution in [0.25, 0.3) is 0 Å². The first kappa shape index (κ1) is 15.8. The molecule has 0 atom stereocenters. The molecule has 0 spiro atoms. The first-order valence-electron chi connectivity index (χ1n) is 6.79. The average molecular weight is 266 g/mol. The summed E-state index contributed by atoms with van der Waals surface area (Å²) in [5.74, 6) is 1.73. The van der Waals surface area contributed by atoms with Gasteiger partial charge in [0.1, 0.15) is 11.5 Å². The molecule has 0 aliphatic carbocycles. The predicted molar refractivity (Wildman–Crippen MR) is 79.2 cm³/mol. The van der Waals surface area contributed by atoms with Crippen LogP contribution in [-0.2, 0) is 6.54 Å². The third-order valence-corrected chi connectivity index (χ3v) is 3.19. The minimum Gasteiger partial charge on any atom is -0.497 e. The second kappa shape index (κ2) is 8.77. The van der Waals surface area contributed by atoms with Crippen LogP contribution >= 0.6 is 0 Å². The van der Waals surface area contributed by atoms with Gasteiger partial charge in [-0.1, -0.05) is 0 Å². The second-order valence-corrected chi connectivity index (χ2v) is 4.61. The molecule has 19 heavy (non-hydrogen) atoms. The number of unbranched alkanes of at least 4 members (excludes halogenated alkanes) is 1. The molecule has 0 aliphatic heterocycles. The molecule has 4 heteroatoms. The largest absolute Gasteiger partial charge is 0.497 e. The van der Waals surface area contributed by atoms with E-state index in [0.717, 1.165) is 31.1 Å².